The Kier molecular flexibility index (Phi) is 8.12. The lowest BCUT2D eigenvalue weighted by atomic mass is 10.1. The van der Waals surface area contributed by atoms with E-state index in [2.05, 4.69) is 17.5 Å². The molecule has 1 amide bonds. The molecule has 0 aliphatic carbocycles. The molecular weight excluding hydrogens is 268 g/mol. The van der Waals surface area contributed by atoms with Gasteiger partial charge in [0.2, 0.25) is 5.91 Å². The van der Waals surface area contributed by atoms with Crippen molar-refractivity contribution >= 4 is 12.1 Å². The minimum Gasteiger partial charge on any atom is -0.508 e. The maximum absolute atomic E-state index is 11.5. The Labute approximate surface area is 125 Å². The Morgan fingerprint density at radius 3 is 2.67 bits per heavy atom. The first-order valence-corrected chi connectivity index (χ1v) is 7.40. The van der Waals surface area contributed by atoms with Gasteiger partial charge < -0.3 is 10.2 Å². The number of hydrogen-bond acceptors (Lipinski definition) is 4. The molecular formula is C16H24N2O3. The predicted octanol–water partition coefficient (Wildman–Crippen LogP) is 2.56. The Balaban J connectivity index is 2.20. The highest BCUT2D eigenvalue weighted by Crippen LogP contribution is 2.09. The molecule has 0 aliphatic rings. The molecule has 0 bridgehead atoms. The van der Waals surface area contributed by atoms with E-state index in [4.69, 9.17) is 5.11 Å². The fraction of sp³-hybridized carbons (Fsp3) is 0.500. The van der Waals surface area contributed by atoms with Crippen LogP contribution in [-0.2, 0) is 4.79 Å². The fourth-order valence-electron chi connectivity index (χ4n) is 1.87. The first-order chi connectivity index (χ1) is 10.1. The zero-order chi connectivity index (χ0) is 15.5. The fourth-order valence-corrected chi connectivity index (χ4v) is 1.87. The average Bonchev–Trinajstić information content (AvgIpc) is 2.47. The third-order valence-electron chi connectivity index (χ3n) is 3.14. The monoisotopic (exact) mass is 292 g/mol. The van der Waals surface area contributed by atoms with Gasteiger partial charge in [-0.2, -0.15) is 5.10 Å². The van der Waals surface area contributed by atoms with Crippen LogP contribution in [0.25, 0.3) is 0 Å². The largest absolute Gasteiger partial charge is 0.508 e. The highest BCUT2D eigenvalue weighted by Gasteiger charge is 2.07. The zero-order valence-electron chi connectivity index (χ0n) is 12.5. The second kappa shape index (κ2) is 9.94. The number of phenols is 1. The van der Waals surface area contributed by atoms with E-state index in [9.17, 15) is 9.90 Å². The minimum atomic E-state index is -0.414. The van der Waals surface area contributed by atoms with Crippen molar-refractivity contribution in [3.05, 3.63) is 29.8 Å². The number of carbonyl (C=O) groups is 1. The van der Waals surface area contributed by atoms with Gasteiger partial charge in [0.1, 0.15) is 5.75 Å². The van der Waals surface area contributed by atoms with Gasteiger partial charge in [0.05, 0.1) is 12.3 Å². The number of nitrogens with one attached hydrogen (secondary N) is 1. The summed E-state index contributed by atoms with van der Waals surface area (Å²) in [5.74, 6) is -0.0205. The third kappa shape index (κ3) is 8.09. The van der Waals surface area contributed by atoms with Crippen LogP contribution < -0.4 is 5.43 Å². The van der Waals surface area contributed by atoms with Gasteiger partial charge in [-0.1, -0.05) is 26.2 Å². The highest BCUT2D eigenvalue weighted by molar-refractivity contribution is 5.82. The summed E-state index contributed by atoms with van der Waals surface area (Å²) >= 11 is 0. The third-order valence-corrected chi connectivity index (χ3v) is 3.14. The van der Waals surface area contributed by atoms with Gasteiger partial charge in [-0.05, 0) is 42.7 Å². The number of carbonyl (C=O) groups excluding carboxylic acids is 1. The predicted molar refractivity (Wildman–Crippen MR) is 83.2 cm³/mol. The number of rotatable bonds is 9. The normalized spacial score (nSPS) is 12.5. The van der Waals surface area contributed by atoms with Gasteiger partial charge in [-0.25, -0.2) is 5.43 Å². The van der Waals surface area contributed by atoms with Crippen molar-refractivity contribution in [1.29, 1.82) is 0 Å². The summed E-state index contributed by atoms with van der Waals surface area (Å²) in [5, 5.41) is 22.7. The molecule has 0 radical (unpaired) electrons. The molecule has 1 rings (SSSR count). The Morgan fingerprint density at radius 1 is 1.29 bits per heavy atom. The molecule has 3 N–H and O–H groups in total. The quantitative estimate of drug-likeness (QED) is 0.371. The number of aromatic hydroxyl groups is 1. The van der Waals surface area contributed by atoms with Crippen LogP contribution in [0.5, 0.6) is 5.75 Å². The van der Waals surface area contributed by atoms with Gasteiger partial charge in [0.15, 0.2) is 0 Å². The molecule has 0 aromatic heterocycles. The van der Waals surface area contributed by atoms with Gasteiger partial charge in [-0.15, -0.1) is 0 Å². The maximum Gasteiger partial charge on any atom is 0.240 e. The molecule has 1 aromatic carbocycles. The molecule has 5 nitrogen and oxygen atoms in total. The molecule has 1 aromatic rings. The summed E-state index contributed by atoms with van der Waals surface area (Å²) in [5.41, 5.74) is 3.21. The van der Waals surface area contributed by atoms with Crippen LogP contribution >= 0.6 is 0 Å². The Morgan fingerprint density at radius 2 is 2.00 bits per heavy atom. The van der Waals surface area contributed by atoms with E-state index < -0.39 is 6.10 Å². The number of phenolic OH excluding ortho intramolecular Hbond substituents is 1. The Bertz CT molecular complexity index is 443. The second-order valence-electron chi connectivity index (χ2n) is 5.07. The smallest absolute Gasteiger partial charge is 0.240 e. The van der Waals surface area contributed by atoms with E-state index in [0.29, 0.717) is 6.42 Å². The lowest BCUT2D eigenvalue weighted by Gasteiger charge is -2.08. The van der Waals surface area contributed by atoms with Crippen molar-refractivity contribution in [3.63, 3.8) is 0 Å². The summed E-state index contributed by atoms with van der Waals surface area (Å²) in [4.78, 5) is 11.5. The summed E-state index contributed by atoms with van der Waals surface area (Å²) in [7, 11) is 0. The number of hydrazone groups is 1. The molecule has 0 saturated heterocycles. The van der Waals surface area contributed by atoms with E-state index in [-0.39, 0.29) is 18.1 Å². The van der Waals surface area contributed by atoms with Gasteiger partial charge >= 0.3 is 0 Å². The van der Waals surface area contributed by atoms with Crippen LogP contribution in [0.3, 0.4) is 0 Å². The van der Waals surface area contributed by atoms with Gasteiger partial charge in [-0.3, -0.25) is 4.79 Å². The number of hydrogen-bond donors (Lipinski definition) is 3. The van der Waals surface area contributed by atoms with E-state index >= 15 is 0 Å². The van der Waals surface area contributed by atoms with E-state index in [1.165, 1.54) is 6.21 Å². The van der Waals surface area contributed by atoms with Crippen molar-refractivity contribution in [3.8, 4) is 5.75 Å². The topological polar surface area (TPSA) is 81.9 Å². The molecule has 0 fully saturated rings. The average molecular weight is 292 g/mol. The molecule has 0 unspecified atom stereocenters. The first kappa shape index (κ1) is 17.2. The minimum absolute atomic E-state index is 0.188. The van der Waals surface area contributed by atoms with Crippen LogP contribution in [0.4, 0.5) is 0 Å². The van der Waals surface area contributed by atoms with E-state index in [1.54, 1.807) is 24.3 Å². The second-order valence-corrected chi connectivity index (χ2v) is 5.07. The van der Waals surface area contributed by atoms with Crippen molar-refractivity contribution < 1.29 is 15.0 Å². The number of unbranched alkanes of at least 4 members (excludes halogenated alkanes) is 2. The molecule has 0 aliphatic heterocycles. The maximum atomic E-state index is 11.5. The number of amides is 1. The summed E-state index contributed by atoms with van der Waals surface area (Å²) in [6, 6.07) is 6.50. The SMILES string of the molecule is CCCCC[C@H](O)CCC(=O)N/N=C\c1ccc(O)cc1. The lowest BCUT2D eigenvalue weighted by molar-refractivity contribution is -0.121. The number of nitrogens with zero attached hydrogens (tertiary/aromatic N) is 1. The number of aliphatic hydroxyl groups is 1. The van der Waals surface area contributed by atoms with Crippen LogP contribution in [0.1, 0.15) is 51.0 Å². The zero-order valence-corrected chi connectivity index (χ0v) is 12.5. The molecule has 0 heterocycles. The van der Waals surface area contributed by atoms with E-state index in [0.717, 1.165) is 31.2 Å². The molecule has 0 spiro atoms. The molecule has 116 valence electrons. The summed E-state index contributed by atoms with van der Waals surface area (Å²) < 4.78 is 0. The molecule has 21 heavy (non-hydrogen) atoms. The van der Waals surface area contributed by atoms with Gasteiger partial charge in [0, 0.05) is 6.42 Å². The van der Waals surface area contributed by atoms with Crippen molar-refractivity contribution in [2.75, 3.05) is 0 Å². The number of benzene rings is 1. The van der Waals surface area contributed by atoms with Gasteiger partial charge in [0.25, 0.3) is 0 Å². The van der Waals surface area contributed by atoms with Crippen LogP contribution in [0, 0.1) is 0 Å². The van der Waals surface area contributed by atoms with Crippen LogP contribution in [0.2, 0.25) is 0 Å². The van der Waals surface area contributed by atoms with Crippen molar-refractivity contribution in [2.45, 2.75) is 51.6 Å². The van der Waals surface area contributed by atoms with E-state index in [1.807, 2.05) is 0 Å². The van der Waals surface area contributed by atoms with Crippen molar-refractivity contribution in [2.24, 2.45) is 5.10 Å². The summed E-state index contributed by atoms with van der Waals surface area (Å²) in [6.45, 7) is 2.12. The standard InChI is InChI=1S/C16H24N2O3/c1-2-3-4-5-14(19)10-11-16(21)18-17-12-13-6-8-15(20)9-7-13/h6-9,12,14,19-20H,2-5,10-11H2,1H3,(H,18,21)/b17-12-/t14-/m0/s1. The first-order valence-electron chi connectivity index (χ1n) is 7.40. The summed E-state index contributed by atoms with van der Waals surface area (Å²) in [6.07, 6.45) is 5.80. The highest BCUT2D eigenvalue weighted by atomic mass is 16.3. The Hall–Kier alpha value is -1.88. The van der Waals surface area contributed by atoms with Crippen molar-refractivity contribution in [1.82, 2.24) is 5.43 Å². The van der Waals surface area contributed by atoms with Crippen LogP contribution in [-0.4, -0.2) is 28.4 Å². The number of aliphatic hydroxyl groups excluding tert-OH is 1. The molecule has 1 atom stereocenters. The lowest BCUT2D eigenvalue weighted by Crippen LogP contribution is -2.19. The molecule has 0 saturated carbocycles. The molecule has 5 heteroatoms. The van der Waals surface area contributed by atoms with Crippen LogP contribution in [0.15, 0.2) is 29.4 Å².